The van der Waals surface area contributed by atoms with Gasteiger partial charge < -0.3 is 0 Å². The van der Waals surface area contributed by atoms with Gasteiger partial charge >= 0.3 is 0 Å². The highest BCUT2D eigenvalue weighted by Gasteiger charge is 2.54. The lowest BCUT2D eigenvalue weighted by Crippen LogP contribution is -2.33. The molecule has 0 spiro atoms. The summed E-state index contributed by atoms with van der Waals surface area (Å²) in [5.41, 5.74) is 1.30. The van der Waals surface area contributed by atoms with Gasteiger partial charge in [-0.1, -0.05) is 36.4 Å². The first-order chi connectivity index (χ1) is 10.9. The maximum Gasteiger partial charge on any atom is 0.232 e. The van der Waals surface area contributed by atoms with E-state index in [1.165, 1.54) is 17.0 Å². The molecular weight excluding hydrogens is 310 g/mol. The van der Waals surface area contributed by atoms with Crippen molar-refractivity contribution in [2.75, 3.05) is 6.26 Å². The van der Waals surface area contributed by atoms with E-state index in [1.807, 2.05) is 36.4 Å². The zero-order valence-electron chi connectivity index (χ0n) is 13.2. The van der Waals surface area contributed by atoms with Crippen molar-refractivity contribution < 1.29 is 13.2 Å². The Morgan fingerprint density at radius 3 is 2.48 bits per heavy atom. The predicted molar refractivity (Wildman–Crippen MR) is 87.7 cm³/mol. The van der Waals surface area contributed by atoms with Crippen LogP contribution in [0.2, 0.25) is 0 Å². The summed E-state index contributed by atoms with van der Waals surface area (Å²) in [7, 11) is -3.48. The molecule has 0 aromatic heterocycles. The van der Waals surface area contributed by atoms with Gasteiger partial charge in [0.05, 0.1) is 18.5 Å². The van der Waals surface area contributed by atoms with Crippen LogP contribution in [0.15, 0.2) is 42.1 Å². The lowest BCUT2D eigenvalue weighted by molar-refractivity contribution is -0.121. The molecule has 1 aromatic rings. The third-order valence-electron chi connectivity index (χ3n) is 5.72. The second-order valence-electron chi connectivity index (χ2n) is 7.11. The summed E-state index contributed by atoms with van der Waals surface area (Å²) in [5.74, 6) is 1.37. The quantitative estimate of drug-likeness (QED) is 0.852. The third kappa shape index (κ3) is 2.42. The van der Waals surface area contributed by atoms with Crippen molar-refractivity contribution in [2.45, 2.75) is 25.8 Å². The molecule has 4 atom stereocenters. The Bertz CT molecular complexity index is 769. The number of sulfonamides is 1. The van der Waals surface area contributed by atoms with Crippen LogP contribution < -0.4 is 0 Å². The maximum absolute atomic E-state index is 12.9. The topological polar surface area (TPSA) is 54.5 Å². The molecule has 2 fully saturated rings. The number of carbonyl (C=O) groups is 1. The SMILES string of the molecule is CS(=O)(=O)N(Cc1ccccc1)C1=C[C@@H]2[C@H]3CC[C@H](C3)[C@@H]2C1=O. The first-order valence-corrected chi connectivity index (χ1v) is 10.1. The van der Waals surface area contributed by atoms with Crippen LogP contribution in [0.4, 0.5) is 0 Å². The van der Waals surface area contributed by atoms with Gasteiger partial charge in [-0.25, -0.2) is 8.42 Å². The summed E-state index contributed by atoms with van der Waals surface area (Å²) in [6.45, 7) is 0.228. The second kappa shape index (κ2) is 5.20. The van der Waals surface area contributed by atoms with E-state index in [0.29, 0.717) is 17.5 Å². The Labute approximate surface area is 137 Å². The minimum Gasteiger partial charge on any atom is -0.292 e. The number of ketones is 1. The molecular formula is C18H21NO3S. The number of benzene rings is 1. The van der Waals surface area contributed by atoms with Gasteiger partial charge in [0.15, 0.2) is 5.78 Å². The van der Waals surface area contributed by atoms with Crippen LogP contribution in [0.5, 0.6) is 0 Å². The molecule has 0 amide bonds. The standard InChI is InChI=1S/C18H21NO3S/c1-23(21,22)19(11-12-5-3-2-4-6-12)16-10-15-13-7-8-14(9-13)17(15)18(16)20/h2-6,10,13-15,17H,7-9,11H2,1H3/t13-,14+,15+,17-/m0/s1. The Hall–Kier alpha value is -1.62. The molecule has 0 radical (unpaired) electrons. The lowest BCUT2D eigenvalue weighted by Gasteiger charge is -2.25. The molecule has 4 nitrogen and oxygen atoms in total. The van der Waals surface area contributed by atoms with Crippen molar-refractivity contribution >= 4 is 15.8 Å². The molecule has 122 valence electrons. The molecule has 0 unspecified atom stereocenters. The summed E-state index contributed by atoms with van der Waals surface area (Å²) in [6, 6.07) is 9.45. The molecule has 1 aromatic carbocycles. The first kappa shape index (κ1) is 14.9. The van der Waals surface area contributed by atoms with Crippen molar-refractivity contribution in [1.82, 2.24) is 4.31 Å². The molecule has 2 saturated carbocycles. The van der Waals surface area contributed by atoms with Gasteiger partial charge in [0.25, 0.3) is 0 Å². The summed E-state index contributed by atoms with van der Waals surface area (Å²) in [4.78, 5) is 12.9. The summed E-state index contributed by atoms with van der Waals surface area (Å²) in [6.07, 6.45) is 6.59. The van der Waals surface area contributed by atoms with Crippen LogP contribution >= 0.6 is 0 Å². The highest BCUT2D eigenvalue weighted by molar-refractivity contribution is 7.88. The normalized spacial score (nSPS) is 32.0. The van der Waals surface area contributed by atoms with Gasteiger partial charge in [0, 0.05) is 5.92 Å². The van der Waals surface area contributed by atoms with Crippen LogP contribution in [0.3, 0.4) is 0 Å². The molecule has 0 heterocycles. The van der Waals surface area contributed by atoms with E-state index in [9.17, 15) is 13.2 Å². The van der Waals surface area contributed by atoms with Crippen LogP contribution in [0.1, 0.15) is 24.8 Å². The van der Waals surface area contributed by atoms with Crippen LogP contribution in [-0.2, 0) is 21.4 Å². The number of Topliss-reactive ketones (excluding diaryl/α,β-unsaturated/α-hetero) is 1. The number of nitrogens with zero attached hydrogens (tertiary/aromatic N) is 1. The molecule has 3 aliphatic rings. The van der Waals surface area contributed by atoms with Gasteiger partial charge in [0.1, 0.15) is 0 Å². The van der Waals surface area contributed by atoms with Crippen molar-refractivity contribution in [1.29, 1.82) is 0 Å². The van der Waals surface area contributed by atoms with E-state index in [4.69, 9.17) is 0 Å². The monoisotopic (exact) mass is 331 g/mol. The molecule has 0 saturated heterocycles. The first-order valence-electron chi connectivity index (χ1n) is 8.23. The van der Waals surface area contributed by atoms with Gasteiger partial charge in [-0.2, -0.15) is 0 Å². The highest BCUT2D eigenvalue weighted by Crippen LogP contribution is 2.56. The zero-order valence-corrected chi connectivity index (χ0v) is 14.0. The minimum atomic E-state index is -3.48. The largest absolute Gasteiger partial charge is 0.292 e. The van der Waals surface area contributed by atoms with E-state index >= 15 is 0 Å². The molecule has 23 heavy (non-hydrogen) atoms. The van der Waals surface area contributed by atoms with Gasteiger partial charge in [0.2, 0.25) is 10.0 Å². The number of hydrogen-bond acceptors (Lipinski definition) is 3. The number of rotatable bonds is 4. The summed E-state index contributed by atoms with van der Waals surface area (Å²) in [5, 5.41) is 0. The molecule has 3 aliphatic carbocycles. The van der Waals surface area contributed by atoms with Crippen LogP contribution in [-0.4, -0.2) is 24.8 Å². The zero-order chi connectivity index (χ0) is 16.2. The van der Waals surface area contributed by atoms with Gasteiger partial charge in [-0.3, -0.25) is 9.10 Å². The molecule has 4 rings (SSSR count). The summed E-state index contributed by atoms with van der Waals surface area (Å²) < 4.78 is 25.9. The Morgan fingerprint density at radius 1 is 1.13 bits per heavy atom. The highest BCUT2D eigenvalue weighted by atomic mass is 32.2. The predicted octanol–water partition coefficient (Wildman–Crippen LogP) is 2.58. The van der Waals surface area contributed by atoms with Crippen molar-refractivity contribution in [3.05, 3.63) is 47.7 Å². The van der Waals surface area contributed by atoms with Crippen LogP contribution in [0, 0.1) is 23.7 Å². The summed E-state index contributed by atoms with van der Waals surface area (Å²) >= 11 is 0. The number of carbonyl (C=O) groups excluding carboxylic acids is 1. The van der Waals surface area contributed by atoms with Gasteiger partial charge in [-0.05, 0) is 42.6 Å². The average molecular weight is 331 g/mol. The Balaban J connectivity index is 1.68. The van der Waals surface area contributed by atoms with E-state index < -0.39 is 10.0 Å². The van der Waals surface area contributed by atoms with Crippen molar-refractivity contribution in [3.8, 4) is 0 Å². The molecule has 2 bridgehead atoms. The fraction of sp³-hybridized carbons (Fsp3) is 0.500. The van der Waals surface area contributed by atoms with E-state index in [2.05, 4.69) is 0 Å². The Kier molecular flexibility index (Phi) is 3.38. The van der Waals surface area contributed by atoms with E-state index in [0.717, 1.165) is 18.4 Å². The molecule has 0 N–H and O–H groups in total. The molecule has 5 heteroatoms. The van der Waals surface area contributed by atoms with E-state index in [-0.39, 0.29) is 24.2 Å². The third-order valence-corrected chi connectivity index (χ3v) is 6.85. The van der Waals surface area contributed by atoms with Crippen molar-refractivity contribution in [2.24, 2.45) is 23.7 Å². The van der Waals surface area contributed by atoms with Gasteiger partial charge in [-0.15, -0.1) is 0 Å². The van der Waals surface area contributed by atoms with E-state index in [1.54, 1.807) is 0 Å². The lowest BCUT2D eigenvalue weighted by atomic mass is 9.81. The van der Waals surface area contributed by atoms with Crippen LogP contribution in [0.25, 0.3) is 0 Å². The number of hydrogen-bond donors (Lipinski definition) is 0. The van der Waals surface area contributed by atoms with Crippen molar-refractivity contribution in [3.63, 3.8) is 0 Å². The fourth-order valence-corrected chi connectivity index (χ4v) is 5.63. The number of fused-ring (bicyclic) bond motifs is 5. The molecule has 0 aliphatic heterocycles. The maximum atomic E-state index is 12.9. The second-order valence-corrected chi connectivity index (χ2v) is 9.01. The average Bonchev–Trinajstić information content (AvgIpc) is 3.18. The smallest absolute Gasteiger partial charge is 0.232 e. The number of allylic oxidation sites excluding steroid dienone is 2. The Morgan fingerprint density at radius 2 is 1.83 bits per heavy atom. The minimum absolute atomic E-state index is 0.0313. The fourth-order valence-electron chi connectivity index (χ4n) is 4.74.